The Hall–Kier alpha value is -2.91. The van der Waals surface area contributed by atoms with Crippen molar-refractivity contribution in [3.05, 3.63) is 108 Å². The van der Waals surface area contributed by atoms with Crippen LogP contribution in [0.1, 0.15) is 47.9 Å². The standard InChI is InChI=1S/C27H30N2O/c30-27(20-25(22-12-4-1-5-13-22)23-14-6-2-7-15-23)28-21-26(29-18-10-11-19-29)24-16-8-3-9-17-24/h1-9,12-17,25-26H,10-11,18-21H2,(H,28,30). The van der Waals surface area contributed by atoms with Gasteiger partial charge in [-0.25, -0.2) is 0 Å². The summed E-state index contributed by atoms with van der Waals surface area (Å²) in [5.74, 6) is 0.169. The fourth-order valence-electron chi connectivity index (χ4n) is 4.45. The maximum Gasteiger partial charge on any atom is 0.221 e. The molecule has 1 unspecified atom stereocenters. The second kappa shape index (κ2) is 10.2. The molecule has 3 nitrogen and oxygen atoms in total. The highest BCUT2D eigenvalue weighted by Gasteiger charge is 2.25. The molecule has 0 bridgehead atoms. The van der Waals surface area contributed by atoms with Gasteiger partial charge in [-0.3, -0.25) is 9.69 Å². The van der Waals surface area contributed by atoms with Crippen LogP contribution in [0.5, 0.6) is 0 Å². The van der Waals surface area contributed by atoms with Gasteiger partial charge < -0.3 is 5.32 Å². The van der Waals surface area contributed by atoms with Crippen LogP contribution in [0.25, 0.3) is 0 Å². The third-order valence-electron chi connectivity index (χ3n) is 6.05. The van der Waals surface area contributed by atoms with E-state index >= 15 is 0 Å². The summed E-state index contributed by atoms with van der Waals surface area (Å²) in [6, 6.07) is 31.5. The Kier molecular flexibility index (Phi) is 6.94. The number of likely N-dealkylation sites (tertiary alicyclic amines) is 1. The molecule has 3 heteroatoms. The van der Waals surface area contributed by atoms with Gasteiger partial charge in [0.1, 0.15) is 0 Å². The molecule has 1 aliphatic rings. The van der Waals surface area contributed by atoms with E-state index in [1.807, 2.05) is 42.5 Å². The first-order chi connectivity index (χ1) is 14.8. The van der Waals surface area contributed by atoms with Crippen molar-refractivity contribution in [2.75, 3.05) is 19.6 Å². The van der Waals surface area contributed by atoms with E-state index < -0.39 is 0 Å². The molecule has 0 aromatic heterocycles. The predicted octanol–water partition coefficient (Wildman–Crippen LogP) is 5.16. The minimum atomic E-state index is 0.0642. The largest absolute Gasteiger partial charge is 0.354 e. The quantitative estimate of drug-likeness (QED) is 0.568. The van der Waals surface area contributed by atoms with Crippen molar-refractivity contribution in [2.45, 2.75) is 31.2 Å². The zero-order valence-electron chi connectivity index (χ0n) is 17.4. The van der Waals surface area contributed by atoms with Crippen molar-refractivity contribution in [3.63, 3.8) is 0 Å². The van der Waals surface area contributed by atoms with E-state index in [0.717, 1.165) is 13.1 Å². The van der Waals surface area contributed by atoms with Gasteiger partial charge in [0.2, 0.25) is 5.91 Å². The topological polar surface area (TPSA) is 32.3 Å². The summed E-state index contributed by atoms with van der Waals surface area (Å²) in [6.07, 6.45) is 2.93. The number of rotatable bonds is 8. The minimum absolute atomic E-state index is 0.0642. The Morgan fingerprint density at radius 3 is 1.70 bits per heavy atom. The summed E-state index contributed by atoms with van der Waals surface area (Å²) in [4.78, 5) is 15.5. The van der Waals surface area contributed by atoms with Crippen LogP contribution in [0, 0.1) is 0 Å². The van der Waals surface area contributed by atoms with Gasteiger partial charge in [-0.2, -0.15) is 0 Å². The highest BCUT2D eigenvalue weighted by atomic mass is 16.1. The lowest BCUT2D eigenvalue weighted by atomic mass is 9.88. The average molecular weight is 399 g/mol. The van der Waals surface area contributed by atoms with Gasteiger partial charge in [-0.15, -0.1) is 0 Å². The van der Waals surface area contributed by atoms with E-state index in [1.165, 1.54) is 29.5 Å². The first kappa shape index (κ1) is 20.4. The van der Waals surface area contributed by atoms with Crippen LogP contribution in [0.3, 0.4) is 0 Å². The molecule has 154 valence electrons. The molecule has 1 heterocycles. The number of benzene rings is 3. The van der Waals surface area contributed by atoms with Gasteiger partial charge in [0.25, 0.3) is 0 Å². The highest BCUT2D eigenvalue weighted by Crippen LogP contribution is 2.28. The van der Waals surface area contributed by atoms with Gasteiger partial charge >= 0.3 is 0 Å². The summed E-state index contributed by atoms with van der Waals surface area (Å²) in [7, 11) is 0. The predicted molar refractivity (Wildman–Crippen MR) is 122 cm³/mol. The first-order valence-electron chi connectivity index (χ1n) is 11.0. The molecule has 1 fully saturated rings. The smallest absolute Gasteiger partial charge is 0.221 e. The number of nitrogens with one attached hydrogen (secondary N) is 1. The summed E-state index contributed by atoms with van der Waals surface area (Å²) in [6.45, 7) is 2.86. The Morgan fingerprint density at radius 2 is 1.20 bits per heavy atom. The zero-order valence-corrected chi connectivity index (χ0v) is 17.4. The molecule has 3 aromatic carbocycles. The van der Waals surface area contributed by atoms with Gasteiger partial charge in [-0.1, -0.05) is 91.0 Å². The van der Waals surface area contributed by atoms with Crippen molar-refractivity contribution >= 4 is 5.91 Å². The molecule has 0 spiro atoms. The van der Waals surface area contributed by atoms with E-state index in [-0.39, 0.29) is 17.9 Å². The number of hydrogen-bond donors (Lipinski definition) is 1. The van der Waals surface area contributed by atoms with E-state index in [4.69, 9.17) is 0 Å². The highest BCUT2D eigenvalue weighted by molar-refractivity contribution is 5.77. The molecule has 1 N–H and O–H groups in total. The molecular formula is C27H30N2O. The number of carbonyl (C=O) groups excluding carboxylic acids is 1. The molecule has 0 radical (unpaired) electrons. The SMILES string of the molecule is O=C(CC(c1ccccc1)c1ccccc1)NCC(c1ccccc1)N1CCCC1. The lowest BCUT2D eigenvalue weighted by molar-refractivity contribution is -0.121. The van der Waals surface area contributed by atoms with Crippen molar-refractivity contribution in [1.29, 1.82) is 0 Å². The molecular weight excluding hydrogens is 368 g/mol. The summed E-state index contributed by atoms with van der Waals surface area (Å²) in [5.41, 5.74) is 3.64. The molecule has 1 aliphatic heterocycles. The number of amides is 1. The lowest BCUT2D eigenvalue weighted by Crippen LogP contribution is -2.37. The molecule has 1 amide bonds. The molecule has 0 saturated carbocycles. The zero-order chi connectivity index (χ0) is 20.6. The van der Waals surface area contributed by atoms with Crippen LogP contribution in [-0.2, 0) is 4.79 Å². The molecule has 0 aliphatic carbocycles. The average Bonchev–Trinajstić information content (AvgIpc) is 3.34. The van der Waals surface area contributed by atoms with Gasteiger partial charge in [0.05, 0.1) is 6.04 Å². The summed E-state index contributed by atoms with van der Waals surface area (Å²) < 4.78 is 0. The maximum absolute atomic E-state index is 13.0. The van der Waals surface area contributed by atoms with E-state index in [9.17, 15) is 4.79 Å². The third-order valence-corrected chi connectivity index (χ3v) is 6.05. The first-order valence-corrected chi connectivity index (χ1v) is 11.0. The molecule has 1 saturated heterocycles. The number of nitrogens with zero attached hydrogens (tertiary/aromatic N) is 1. The maximum atomic E-state index is 13.0. The summed E-state index contributed by atoms with van der Waals surface area (Å²) >= 11 is 0. The van der Waals surface area contributed by atoms with Gasteiger partial charge in [-0.05, 0) is 42.6 Å². The van der Waals surface area contributed by atoms with Crippen LogP contribution in [0.2, 0.25) is 0 Å². The number of carbonyl (C=O) groups is 1. The van der Waals surface area contributed by atoms with Crippen molar-refractivity contribution in [1.82, 2.24) is 10.2 Å². The Bertz CT molecular complexity index is 866. The van der Waals surface area contributed by atoms with E-state index in [0.29, 0.717) is 13.0 Å². The van der Waals surface area contributed by atoms with Crippen LogP contribution < -0.4 is 5.32 Å². The van der Waals surface area contributed by atoms with Crippen LogP contribution in [0.15, 0.2) is 91.0 Å². The lowest BCUT2D eigenvalue weighted by Gasteiger charge is -2.28. The normalized spacial score (nSPS) is 15.2. The Morgan fingerprint density at radius 1 is 0.733 bits per heavy atom. The van der Waals surface area contributed by atoms with Crippen molar-refractivity contribution in [3.8, 4) is 0 Å². The summed E-state index contributed by atoms with van der Waals surface area (Å²) in [5, 5.41) is 3.25. The molecule has 3 aromatic rings. The fourth-order valence-corrected chi connectivity index (χ4v) is 4.45. The number of hydrogen-bond acceptors (Lipinski definition) is 2. The van der Waals surface area contributed by atoms with Gasteiger partial charge in [0.15, 0.2) is 0 Å². The second-order valence-electron chi connectivity index (χ2n) is 8.05. The molecule has 1 atom stereocenters. The fraction of sp³-hybridized carbons (Fsp3) is 0.296. The third kappa shape index (κ3) is 5.17. The van der Waals surface area contributed by atoms with E-state index in [1.54, 1.807) is 0 Å². The van der Waals surface area contributed by atoms with Crippen molar-refractivity contribution < 1.29 is 4.79 Å². The second-order valence-corrected chi connectivity index (χ2v) is 8.05. The molecule has 4 rings (SSSR count). The van der Waals surface area contributed by atoms with Crippen LogP contribution >= 0.6 is 0 Å². The van der Waals surface area contributed by atoms with Crippen LogP contribution in [0.4, 0.5) is 0 Å². The Balaban J connectivity index is 1.46. The van der Waals surface area contributed by atoms with E-state index in [2.05, 4.69) is 58.7 Å². The monoisotopic (exact) mass is 398 g/mol. The van der Waals surface area contributed by atoms with Crippen LogP contribution in [-0.4, -0.2) is 30.4 Å². The van der Waals surface area contributed by atoms with Crippen molar-refractivity contribution in [2.24, 2.45) is 0 Å². The molecule has 30 heavy (non-hydrogen) atoms. The van der Waals surface area contributed by atoms with Gasteiger partial charge in [0, 0.05) is 18.9 Å². The minimum Gasteiger partial charge on any atom is -0.354 e. The Labute approximate surface area is 179 Å².